The first-order chi connectivity index (χ1) is 5.36. The molecule has 0 amide bonds. The second-order valence-corrected chi connectivity index (χ2v) is 3.32. The van der Waals surface area contributed by atoms with Crippen molar-refractivity contribution < 1.29 is 5.11 Å². The van der Waals surface area contributed by atoms with Gasteiger partial charge in [-0.3, -0.25) is 0 Å². The van der Waals surface area contributed by atoms with Gasteiger partial charge in [0.1, 0.15) is 0 Å². The number of nitrogens with zero attached hydrogens (tertiary/aromatic N) is 1. The molecule has 3 heteroatoms. The molecule has 0 aliphatic rings. The predicted octanol–water partition coefficient (Wildman–Crippen LogP) is 1.42. The Hall–Kier alpha value is -0.850. The SMILES string of the molecule is N#C[C@H](CO)Cc1cccs1. The Labute approximate surface area is 69.7 Å². The second-order valence-electron chi connectivity index (χ2n) is 2.29. The lowest BCUT2D eigenvalue weighted by Crippen LogP contribution is -2.05. The zero-order chi connectivity index (χ0) is 8.10. The minimum Gasteiger partial charge on any atom is -0.395 e. The van der Waals surface area contributed by atoms with E-state index in [2.05, 4.69) is 0 Å². The molecule has 0 aromatic carbocycles. The second kappa shape index (κ2) is 4.12. The summed E-state index contributed by atoms with van der Waals surface area (Å²) in [5.41, 5.74) is 0. The minimum absolute atomic E-state index is 0.0472. The fourth-order valence-corrected chi connectivity index (χ4v) is 1.61. The molecular formula is C8H9NOS. The summed E-state index contributed by atoms with van der Waals surface area (Å²) < 4.78 is 0. The third-order valence-corrected chi connectivity index (χ3v) is 2.33. The smallest absolute Gasteiger partial charge is 0.0742 e. The molecule has 0 bridgehead atoms. The van der Waals surface area contributed by atoms with E-state index in [0.717, 1.165) is 4.88 Å². The summed E-state index contributed by atoms with van der Waals surface area (Å²) in [4.78, 5) is 1.16. The number of aliphatic hydroxyl groups excluding tert-OH is 1. The Kier molecular flexibility index (Phi) is 3.09. The molecule has 2 nitrogen and oxygen atoms in total. The van der Waals surface area contributed by atoms with Crippen LogP contribution in [0, 0.1) is 17.2 Å². The summed E-state index contributed by atoms with van der Waals surface area (Å²) >= 11 is 1.62. The van der Waals surface area contributed by atoms with Crippen LogP contribution in [0.1, 0.15) is 4.88 Å². The van der Waals surface area contributed by atoms with E-state index in [9.17, 15) is 0 Å². The van der Waals surface area contributed by atoms with Crippen LogP contribution in [0.25, 0.3) is 0 Å². The molecule has 1 aromatic rings. The monoisotopic (exact) mass is 167 g/mol. The molecular weight excluding hydrogens is 158 g/mol. The zero-order valence-electron chi connectivity index (χ0n) is 6.03. The van der Waals surface area contributed by atoms with Gasteiger partial charge in [0.25, 0.3) is 0 Å². The van der Waals surface area contributed by atoms with Gasteiger partial charge in [-0.15, -0.1) is 11.3 Å². The molecule has 58 valence electrons. The number of aliphatic hydroxyl groups is 1. The normalized spacial score (nSPS) is 12.4. The number of rotatable bonds is 3. The van der Waals surface area contributed by atoms with Crippen LogP contribution in [0.3, 0.4) is 0 Å². The molecule has 1 atom stereocenters. The molecule has 0 aliphatic heterocycles. The van der Waals surface area contributed by atoms with Gasteiger partial charge in [-0.2, -0.15) is 5.26 Å². The Morgan fingerprint density at radius 3 is 3.00 bits per heavy atom. The highest BCUT2D eigenvalue weighted by Crippen LogP contribution is 2.13. The summed E-state index contributed by atoms with van der Waals surface area (Å²) in [6.45, 7) is -0.0472. The summed E-state index contributed by atoms with van der Waals surface area (Å²) in [6, 6.07) is 5.97. The van der Waals surface area contributed by atoms with Crippen molar-refractivity contribution in [1.29, 1.82) is 5.26 Å². The van der Waals surface area contributed by atoms with Crippen LogP contribution >= 0.6 is 11.3 Å². The van der Waals surface area contributed by atoms with Crippen molar-refractivity contribution in [2.75, 3.05) is 6.61 Å². The number of nitriles is 1. The van der Waals surface area contributed by atoms with E-state index in [1.54, 1.807) is 11.3 Å². The maximum absolute atomic E-state index is 8.71. The maximum atomic E-state index is 8.71. The van der Waals surface area contributed by atoms with Crippen molar-refractivity contribution in [3.63, 3.8) is 0 Å². The molecule has 1 rings (SSSR count). The zero-order valence-corrected chi connectivity index (χ0v) is 6.84. The van der Waals surface area contributed by atoms with Crippen molar-refractivity contribution in [2.45, 2.75) is 6.42 Å². The number of hydrogen-bond acceptors (Lipinski definition) is 3. The van der Waals surface area contributed by atoms with E-state index in [0.29, 0.717) is 6.42 Å². The molecule has 0 fully saturated rings. The molecule has 11 heavy (non-hydrogen) atoms. The Morgan fingerprint density at radius 1 is 1.73 bits per heavy atom. The summed E-state index contributed by atoms with van der Waals surface area (Å²) in [5, 5.41) is 19.2. The molecule has 1 N–H and O–H groups in total. The molecule has 1 aromatic heterocycles. The predicted molar refractivity (Wildman–Crippen MR) is 44.2 cm³/mol. The van der Waals surface area contributed by atoms with Gasteiger partial charge in [0, 0.05) is 4.88 Å². The fraction of sp³-hybridized carbons (Fsp3) is 0.375. The first-order valence-electron chi connectivity index (χ1n) is 3.39. The van der Waals surface area contributed by atoms with Crippen molar-refractivity contribution in [1.82, 2.24) is 0 Å². The van der Waals surface area contributed by atoms with Gasteiger partial charge in [-0.05, 0) is 17.9 Å². The van der Waals surface area contributed by atoms with Crippen LogP contribution < -0.4 is 0 Å². The van der Waals surface area contributed by atoms with E-state index >= 15 is 0 Å². The van der Waals surface area contributed by atoms with Crippen LogP contribution in [0.2, 0.25) is 0 Å². The summed E-state index contributed by atoms with van der Waals surface area (Å²) in [6.07, 6.45) is 0.671. The highest BCUT2D eigenvalue weighted by Gasteiger charge is 2.06. The first kappa shape index (κ1) is 8.25. The van der Waals surface area contributed by atoms with E-state index in [1.807, 2.05) is 23.6 Å². The van der Waals surface area contributed by atoms with E-state index in [4.69, 9.17) is 10.4 Å². The molecule has 0 unspecified atom stereocenters. The molecule has 0 radical (unpaired) electrons. The molecule has 0 aliphatic carbocycles. The quantitative estimate of drug-likeness (QED) is 0.740. The Morgan fingerprint density at radius 2 is 2.55 bits per heavy atom. The number of hydrogen-bond donors (Lipinski definition) is 1. The van der Waals surface area contributed by atoms with Gasteiger partial charge in [0.05, 0.1) is 18.6 Å². The van der Waals surface area contributed by atoms with Crippen LogP contribution in [0.5, 0.6) is 0 Å². The van der Waals surface area contributed by atoms with Crippen molar-refractivity contribution >= 4 is 11.3 Å². The van der Waals surface area contributed by atoms with Crippen molar-refractivity contribution in [2.24, 2.45) is 5.92 Å². The van der Waals surface area contributed by atoms with E-state index in [-0.39, 0.29) is 12.5 Å². The standard InChI is InChI=1S/C8H9NOS/c9-5-7(6-10)4-8-2-1-3-11-8/h1-3,7,10H,4,6H2/t7-/m1/s1. The van der Waals surface area contributed by atoms with Gasteiger partial charge in [-0.25, -0.2) is 0 Å². The van der Waals surface area contributed by atoms with Crippen LogP contribution in [0.15, 0.2) is 17.5 Å². The molecule has 0 saturated heterocycles. The Balaban J connectivity index is 2.49. The van der Waals surface area contributed by atoms with Crippen molar-refractivity contribution in [3.8, 4) is 6.07 Å². The first-order valence-corrected chi connectivity index (χ1v) is 4.27. The lowest BCUT2D eigenvalue weighted by atomic mass is 10.1. The van der Waals surface area contributed by atoms with Crippen molar-refractivity contribution in [3.05, 3.63) is 22.4 Å². The van der Waals surface area contributed by atoms with Crippen LogP contribution in [-0.4, -0.2) is 11.7 Å². The summed E-state index contributed by atoms with van der Waals surface area (Å²) in [7, 11) is 0. The fourth-order valence-electron chi connectivity index (χ4n) is 0.823. The average Bonchev–Trinajstić information content (AvgIpc) is 2.52. The highest BCUT2D eigenvalue weighted by atomic mass is 32.1. The van der Waals surface area contributed by atoms with E-state index in [1.165, 1.54) is 0 Å². The largest absolute Gasteiger partial charge is 0.395 e. The lowest BCUT2D eigenvalue weighted by Gasteiger charge is -2.00. The van der Waals surface area contributed by atoms with Gasteiger partial charge in [0.2, 0.25) is 0 Å². The topological polar surface area (TPSA) is 44.0 Å². The van der Waals surface area contributed by atoms with E-state index < -0.39 is 0 Å². The van der Waals surface area contributed by atoms with Gasteiger partial charge >= 0.3 is 0 Å². The lowest BCUT2D eigenvalue weighted by molar-refractivity contribution is 0.256. The van der Waals surface area contributed by atoms with Crippen LogP contribution in [-0.2, 0) is 6.42 Å². The highest BCUT2D eigenvalue weighted by molar-refractivity contribution is 7.09. The third kappa shape index (κ3) is 2.34. The number of thiophene rings is 1. The average molecular weight is 167 g/mol. The molecule has 1 heterocycles. The molecule has 0 saturated carbocycles. The van der Waals surface area contributed by atoms with Gasteiger partial charge in [0.15, 0.2) is 0 Å². The minimum atomic E-state index is -0.242. The van der Waals surface area contributed by atoms with Gasteiger partial charge < -0.3 is 5.11 Å². The third-order valence-electron chi connectivity index (χ3n) is 1.43. The maximum Gasteiger partial charge on any atom is 0.0742 e. The Bertz CT molecular complexity index is 237. The van der Waals surface area contributed by atoms with Gasteiger partial charge in [-0.1, -0.05) is 6.07 Å². The van der Waals surface area contributed by atoms with Crippen LogP contribution in [0.4, 0.5) is 0 Å². The molecule has 0 spiro atoms. The summed E-state index contributed by atoms with van der Waals surface area (Å²) in [5.74, 6) is -0.242.